The fourth-order valence-electron chi connectivity index (χ4n) is 2.27. The van der Waals surface area contributed by atoms with Gasteiger partial charge in [-0.05, 0) is 25.3 Å². The topological polar surface area (TPSA) is 17.1 Å². The van der Waals surface area contributed by atoms with Gasteiger partial charge in [-0.2, -0.15) is 0 Å². The zero-order valence-electron chi connectivity index (χ0n) is 12.6. The van der Waals surface area contributed by atoms with E-state index in [1.54, 1.807) is 0 Å². The average Bonchev–Trinajstić information content (AvgIpc) is 2.42. The molecule has 0 saturated carbocycles. The second-order valence-corrected chi connectivity index (χ2v) is 5.54. The largest absolute Gasteiger partial charge is 0.300 e. The Morgan fingerprint density at radius 2 is 1.53 bits per heavy atom. The van der Waals surface area contributed by atoms with E-state index >= 15 is 0 Å². The Labute approximate surface area is 118 Å². The number of benzene rings is 1. The van der Waals surface area contributed by atoms with Crippen molar-refractivity contribution < 1.29 is 4.79 Å². The lowest BCUT2D eigenvalue weighted by atomic mass is 10.0. The molecule has 1 rings (SSSR count). The first-order valence-electron chi connectivity index (χ1n) is 7.79. The van der Waals surface area contributed by atoms with Crippen LogP contribution in [0.25, 0.3) is 0 Å². The first-order chi connectivity index (χ1) is 9.22. The molecule has 1 nitrogen and oxygen atoms in total. The van der Waals surface area contributed by atoms with E-state index in [2.05, 4.69) is 38.1 Å². The number of carbonyl (C=O) groups is 1. The Kier molecular flexibility index (Phi) is 8.20. The standard InChI is InChI=1S/C18H28O/c1-3-4-5-6-7-8-9-18(19)15-14-17-12-10-16(2)11-13-17/h10-13H,3-9,14-15H2,1-2H3. The molecule has 0 aliphatic heterocycles. The fraction of sp³-hybridized carbons (Fsp3) is 0.611. The van der Waals surface area contributed by atoms with Gasteiger partial charge in [0.2, 0.25) is 0 Å². The summed E-state index contributed by atoms with van der Waals surface area (Å²) in [7, 11) is 0. The van der Waals surface area contributed by atoms with Crippen LogP contribution in [0.3, 0.4) is 0 Å². The molecule has 0 N–H and O–H groups in total. The van der Waals surface area contributed by atoms with Gasteiger partial charge < -0.3 is 0 Å². The molecule has 0 amide bonds. The third-order valence-corrected chi connectivity index (χ3v) is 3.62. The van der Waals surface area contributed by atoms with Crippen molar-refractivity contribution in [2.75, 3.05) is 0 Å². The van der Waals surface area contributed by atoms with E-state index < -0.39 is 0 Å². The van der Waals surface area contributed by atoms with Gasteiger partial charge >= 0.3 is 0 Å². The van der Waals surface area contributed by atoms with Crippen LogP contribution in [0, 0.1) is 6.92 Å². The summed E-state index contributed by atoms with van der Waals surface area (Å²) < 4.78 is 0. The third-order valence-electron chi connectivity index (χ3n) is 3.62. The van der Waals surface area contributed by atoms with Crippen LogP contribution in [0.5, 0.6) is 0 Å². The summed E-state index contributed by atoms with van der Waals surface area (Å²) >= 11 is 0. The monoisotopic (exact) mass is 260 g/mol. The third kappa shape index (κ3) is 7.81. The van der Waals surface area contributed by atoms with Crippen molar-refractivity contribution in [3.05, 3.63) is 35.4 Å². The summed E-state index contributed by atoms with van der Waals surface area (Å²) in [6.45, 7) is 4.32. The Balaban J connectivity index is 2.06. The van der Waals surface area contributed by atoms with Gasteiger partial charge in [-0.15, -0.1) is 0 Å². The normalized spacial score (nSPS) is 10.6. The summed E-state index contributed by atoms with van der Waals surface area (Å²) in [4.78, 5) is 11.8. The van der Waals surface area contributed by atoms with Crippen molar-refractivity contribution in [3.63, 3.8) is 0 Å². The summed E-state index contributed by atoms with van der Waals surface area (Å²) in [5, 5.41) is 0. The molecule has 0 radical (unpaired) electrons. The van der Waals surface area contributed by atoms with Crippen molar-refractivity contribution in [1.29, 1.82) is 0 Å². The van der Waals surface area contributed by atoms with Crippen LogP contribution in [-0.2, 0) is 11.2 Å². The summed E-state index contributed by atoms with van der Waals surface area (Å²) in [6, 6.07) is 8.50. The molecule has 0 aliphatic carbocycles. The van der Waals surface area contributed by atoms with Crippen molar-refractivity contribution in [2.24, 2.45) is 0 Å². The van der Waals surface area contributed by atoms with E-state index in [0.717, 1.165) is 19.3 Å². The molecule has 1 aromatic carbocycles. The van der Waals surface area contributed by atoms with Gasteiger partial charge in [-0.25, -0.2) is 0 Å². The zero-order chi connectivity index (χ0) is 13.9. The van der Waals surface area contributed by atoms with E-state index in [-0.39, 0.29) is 0 Å². The molecule has 0 fully saturated rings. The highest BCUT2D eigenvalue weighted by Crippen LogP contribution is 2.10. The second kappa shape index (κ2) is 9.77. The van der Waals surface area contributed by atoms with Crippen LogP contribution in [0.15, 0.2) is 24.3 Å². The molecular formula is C18H28O. The quantitative estimate of drug-likeness (QED) is 0.525. The molecular weight excluding hydrogens is 232 g/mol. The van der Waals surface area contributed by atoms with Gasteiger partial charge in [0.15, 0.2) is 0 Å². The number of unbranched alkanes of at least 4 members (excludes halogenated alkanes) is 5. The van der Waals surface area contributed by atoms with Crippen LogP contribution in [0.1, 0.15) is 69.4 Å². The van der Waals surface area contributed by atoms with Crippen LogP contribution in [-0.4, -0.2) is 5.78 Å². The van der Waals surface area contributed by atoms with Gasteiger partial charge in [0, 0.05) is 12.8 Å². The van der Waals surface area contributed by atoms with E-state index in [9.17, 15) is 4.79 Å². The first kappa shape index (κ1) is 15.9. The minimum Gasteiger partial charge on any atom is -0.300 e. The molecule has 0 unspecified atom stereocenters. The van der Waals surface area contributed by atoms with Crippen molar-refractivity contribution in [3.8, 4) is 0 Å². The number of Topliss-reactive ketones (excluding diaryl/α,β-unsaturated/α-hetero) is 1. The number of hydrogen-bond donors (Lipinski definition) is 0. The first-order valence-corrected chi connectivity index (χ1v) is 7.79. The maximum atomic E-state index is 11.8. The van der Waals surface area contributed by atoms with E-state index in [1.807, 2.05) is 0 Å². The molecule has 1 aromatic rings. The van der Waals surface area contributed by atoms with E-state index in [1.165, 1.54) is 43.2 Å². The van der Waals surface area contributed by atoms with E-state index in [4.69, 9.17) is 0 Å². The SMILES string of the molecule is CCCCCCCCC(=O)CCc1ccc(C)cc1. The smallest absolute Gasteiger partial charge is 0.133 e. The van der Waals surface area contributed by atoms with Gasteiger partial charge in [0.25, 0.3) is 0 Å². The number of rotatable bonds is 10. The second-order valence-electron chi connectivity index (χ2n) is 5.54. The van der Waals surface area contributed by atoms with Crippen LogP contribution < -0.4 is 0 Å². The molecule has 106 valence electrons. The molecule has 0 aromatic heterocycles. The van der Waals surface area contributed by atoms with Gasteiger partial charge in [0.05, 0.1) is 0 Å². The van der Waals surface area contributed by atoms with Crippen LogP contribution in [0.4, 0.5) is 0 Å². The molecule has 0 bridgehead atoms. The van der Waals surface area contributed by atoms with Gasteiger partial charge in [-0.1, -0.05) is 68.9 Å². The van der Waals surface area contributed by atoms with Crippen LogP contribution in [0.2, 0.25) is 0 Å². The summed E-state index contributed by atoms with van der Waals surface area (Å²) in [6.07, 6.45) is 9.92. The number of ketones is 1. The summed E-state index contributed by atoms with van der Waals surface area (Å²) in [5.74, 6) is 0.427. The van der Waals surface area contributed by atoms with Crippen LogP contribution >= 0.6 is 0 Å². The van der Waals surface area contributed by atoms with Crippen molar-refractivity contribution in [1.82, 2.24) is 0 Å². The fourth-order valence-corrected chi connectivity index (χ4v) is 2.27. The zero-order valence-corrected chi connectivity index (χ0v) is 12.6. The lowest BCUT2D eigenvalue weighted by molar-refractivity contribution is -0.119. The number of carbonyl (C=O) groups excluding carboxylic acids is 1. The molecule has 0 heterocycles. The Morgan fingerprint density at radius 3 is 2.21 bits per heavy atom. The molecule has 1 heteroatoms. The van der Waals surface area contributed by atoms with Crippen molar-refractivity contribution >= 4 is 5.78 Å². The molecule has 19 heavy (non-hydrogen) atoms. The lowest BCUT2D eigenvalue weighted by Gasteiger charge is -2.03. The van der Waals surface area contributed by atoms with Crippen molar-refractivity contribution in [2.45, 2.75) is 71.6 Å². The molecule has 0 saturated heterocycles. The number of hydrogen-bond acceptors (Lipinski definition) is 1. The van der Waals surface area contributed by atoms with E-state index in [0.29, 0.717) is 12.2 Å². The number of aryl methyl sites for hydroxylation is 2. The summed E-state index contributed by atoms with van der Waals surface area (Å²) in [5.41, 5.74) is 2.56. The Hall–Kier alpha value is -1.11. The van der Waals surface area contributed by atoms with Gasteiger partial charge in [-0.3, -0.25) is 4.79 Å². The Bertz CT molecular complexity index is 350. The molecule has 0 spiro atoms. The highest BCUT2D eigenvalue weighted by atomic mass is 16.1. The average molecular weight is 260 g/mol. The lowest BCUT2D eigenvalue weighted by Crippen LogP contribution is -2.00. The molecule has 0 atom stereocenters. The maximum absolute atomic E-state index is 11.8. The Morgan fingerprint density at radius 1 is 0.895 bits per heavy atom. The van der Waals surface area contributed by atoms with Gasteiger partial charge in [0.1, 0.15) is 5.78 Å². The predicted octanol–water partition coefficient (Wildman–Crippen LogP) is 5.25. The minimum absolute atomic E-state index is 0.427. The molecule has 0 aliphatic rings. The predicted molar refractivity (Wildman–Crippen MR) is 82.5 cm³/mol. The highest BCUT2D eigenvalue weighted by molar-refractivity contribution is 5.78. The maximum Gasteiger partial charge on any atom is 0.133 e. The minimum atomic E-state index is 0.427. The highest BCUT2D eigenvalue weighted by Gasteiger charge is 2.02.